The van der Waals surface area contributed by atoms with Crippen molar-refractivity contribution >= 4 is 33.6 Å². The van der Waals surface area contributed by atoms with Gasteiger partial charge in [0.15, 0.2) is 24.2 Å². The van der Waals surface area contributed by atoms with Gasteiger partial charge in [-0.05, 0) is 76.6 Å². The van der Waals surface area contributed by atoms with E-state index >= 15 is 8.78 Å². The molecule has 0 aliphatic carbocycles. The first-order valence-electron chi connectivity index (χ1n) is 18.7. The first-order chi connectivity index (χ1) is 26.3. The lowest BCUT2D eigenvalue weighted by atomic mass is 9.95. The molecule has 2 bridgehead atoms. The molecule has 16 heteroatoms. The average molecular weight is 767 g/mol. The minimum atomic E-state index is -1.19. The number of alkyl halides is 1. The largest absolute Gasteiger partial charge is 0.475 e. The van der Waals surface area contributed by atoms with E-state index in [4.69, 9.17) is 28.7 Å². The Labute approximate surface area is 314 Å². The third-order valence-corrected chi connectivity index (χ3v) is 11.6. The second-order valence-electron chi connectivity index (χ2n) is 16.2. The van der Waals surface area contributed by atoms with Gasteiger partial charge in [0.2, 0.25) is 5.88 Å². The van der Waals surface area contributed by atoms with Gasteiger partial charge in [0, 0.05) is 37.6 Å². The second kappa shape index (κ2) is 13.2. The van der Waals surface area contributed by atoms with Crippen molar-refractivity contribution in [1.29, 1.82) is 0 Å². The quantitative estimate of drug-likeness (QED) is 0.151. The predicted octanol–water partition coefficient (Wildman–Crippen LogP) is 6.55. The van der Waals surface area contributed by atoms with Gasteiger partial charge in [0.25, 0.3) is 0 Å². The number of benzene rings is 2. The Bertz CT molecular complexity index is 2210. The minimum absolute atomic E-state index is 0.0214. The van der Waals surface area contributed by atoms with E-state index in [0.29, 0.717) is 38.2 Å². The molecule has 2 aromatic carbocycles. The number of piperazine rings is 1. The van der Waals surface area contributed by atoms with Crippen molar-refractivity contribution in [2.24, 2.45) is 0 Å². The molecule has 5 aliphatic heterocycles. The van der Waals surface area contributed by atoms with Crippen LogP contribution in [0.15, 0.2) is 24.3 Å². The number of methoxy groups -OCH3 is 1. The summed E-state index contributed by atoms with van der Waals surface area (Å²) in [7, 11) is 1.43. The molecule has 4 saturated heterocycles. The Morgan fingerprint density at radius 3 is 2.65 bits per heavy atom. The molecular weight excluding hydrogens is 724 g/mol. The van der Waals surface area contributed by atoms with Gasteiger partial charge in [0.1, 0.15) is 53.2 Å². The van der Waals surface area contributed by atoms with Crippen LogP contribution >= 0.6 is 0 Å². The fourth-order valence-electron chi connectivity index (χ4n) is 9.32. The number of hydrogen-bond acceptors (Lipinski definition) is 11. The number of carbonyl (C=O) groups excluding carboxylic acids is 1. The molecule has 292 valence electrons. The first kappa shape index (κ1) is 36.0. The molecule has 0 radical (unpaired) electrons. The third kappa shape index (κ3) is 6.03. The maximum absolute atomic E-state index is 17.4. The zero-order valence-corrected chi connectivity index (χ0v) is 31.0. The Balaban J connectivity index is 1.20. The van der Waals surface area contributed by atoms with Gasteiger partial charge >= 0.3 is 12.1 Å². The molecule has 55 heavy (non-hydrogen) atoms. The van der Waals surface area contributed by atoms with Crippen LogP contribution in [0.5, 0.6) is 17.6 Å². The zero-order valence-electron chi connectivity index (χ0n) is 31.0. The number of aromatic nitrogens is 3. The molecule has 9 rings (SSSR count). The summed E-state index contributed by atoms with van der Waals surface area (Å²) in [6.07, 6.45) is 1.92. The summed E-state index contributed by atoms with van der Waals surface area (Å²) >= 11 is 0. The monoisotopic (exact) mass is 766 g/mol. The summed E-state index contributed by atoms with van der Waals surface area (Å²) in [6.45, 7) is 6.84. The number of rotatable bonds is 7. The van der Waals surface area contributed by atoms with Crippen LogP contribution in [0.1, 0.15) is 52.9 Å². The van der Waals surface area contributed by atoms with Crippen molar-refractivity contribution in [3.63, 3.8) is 0 Å². The van der Waals surface area contributed by atoms with Crippen LogP contribution in [-0.4, -0.2) is 113 Å². The van der Waals surface area contributed by atoms with E-state index in [1.807, 2.05) is 25.7 Å². The number of fused-ring (bicyclic) bond motifs is 7. The van der Waals surface area contributed by atoms with Gasteiger partial charge in [-0.15, -0.1) is 0 Å². The number of hydrogen-bond donors (Lipinski definition) is 0. The molecule has 0 N–H and O–H groups in total. The molecule has 1 amide bonds. The molecule has 2 aromatic heterocycles. The molecule has 5 aliphatic rings. The number of pyridine rings is 1. The predicted molar refractivity (Wildman–Crippen MR) is 193 cm³/mol. The minimum Gasteiger partial charge on any atom is -0.475 e. The number of anilines is 1. The molecule has 7 heterocycles. The fourth-order valence-corrected chi connectivity index (χ4v) is 9.32. The maximum atomic E-state index is 17.4. The van der Waals surface area contributed by atoms with E-state index in [-0.39, 0.29) is 82.7 Å². The summed E-state index contributed by atoms with van der Waals surface area (Å²) in [5.41, 5.74) is -1.90. The smallest absolute Gasteiger partial charge is 0.410 e. The van der Waals surface area contributed by atoms with Crippen LogP contribution in [-0.2, 0) is 9.47 Å². The topological polar surface area (TPSA) is 112 Å². The Morgan fingerprint density at radius 1 is 1.02 bits per heavy atom. The third-order valence-electron chi connectivity index (χ3n) is 11.6. The van der Waals surface area contributed by atoms with Crippen molar-refractivity contribution in [3.05, 3.63) is 41.7 Å². The van der Waals surface area contributed by atoms with Crippen LogP contribution in [0.2, 0.25) is 0 Å². The van der Waals surface area contributed by atoms with Crippen LogP contribution in [0.3, 0.4) is 0 Å². The Morgan fingerprint density at radius 2 is 1.85 bits per heavy atom. The standard InChI is InChI=1S/C39H42F4N6O6/c1-38(2,3)55-37(50)49-22-7-9-26(49)27-17-52-35-29-33(45-36(46-34(29)48(27)16-22)53-18-39-10-5-11-47(39)15-21(40)14-39)31(43)32(44-35)24-13-23(54-19-51-4)12-20-6-8-25(41)30(42)28(20)24/h6,8,12-13,21-22,26-27H,5,7,9-11,14-19H2,1-4H3/t21-,22+,26-,27-,39+/m0/s1. The van der Waals surface area contributed by atoms with Gasteiger partial charge in [-0.3, -0.25) is 9.80 Å². The van der Waals surface area contributed by atoms with Crippen molar-refractivity contribution in [3.8, 4) is 28.9 Å². The molecule has 0 saturated carbocycles. The van der Waals surface area contributed by atoms with Gasteiger partial charge in [-0.1, -0.05) is 6.07 Å². The molecule has 0 spiro atoms. The van der Waals surface area contributed by atoms with Gasteiger partial charge in [0.05, 0.1) is 23.7 Å². The van der Waals surface area contributed by atoms with Crippen LogP contribution < -0.4 is 19.1 Å². The molecule has 12 nitrogen and oxygen atoms in total. The highest BCUT2D eigenvalue weighted by Gasteiger charge is 2.52. The highest BCUT2D eigenvalue weighted by Crippen LogP contribution is 2.47. The molecule has 4 fully saturated rings. The van der Waals surface area contributed by atoms with E-state index in [0.717, 1.165) is 25.5 Å². The Kier molecular flexibility index (Phi) is 8.64. The summed E-state index contributed by atoms with van der Waals surface area (Å²) in [4.78, 5) is 33.5. The lowest BCUT2D eigenvalue weighted by Gasteiger charge is -2.46. The first-order valence-corrected chi connectivity index (χ1v) is 18.7. The summed E-state index contributed by atoms with van der Waals surface area (Å²) < 4.78 is 91.8. The van der Waals surface area contributed by atoms with Crippen molar-refractivity contribution in [1.82, 2.24) is 24.8 Å². The van der Waals surface area contributed by atoms with E-state index < -0.39 is 46.9 Å². The maximum Gasteiger partial charge on any atom is 0.410 e. The summed E-state index contributed by atoms with van der Waals surface area (Å²) in [5.74, 6) is -2.76. The second-order valence-corrected chi connectivity index (χ2v) is 16.2. The van der Waals surface area contributed by atoms with Gasteiger partial charge in [-0.25, -0.2) is 27.3 Å². The van der Waals surface area contributed by atoms with E-state index in [2.05, 4.69) is 14.9 Å². The van der Waals surface area contributed by atoms with Crippen molar-refractivity contribution < 1.29 is 46.0 Å². The lowest BCUT2D eigenvalue weighted by molar-refractivity contribution is 0.00537. The van der Waals surface area contributed by atoms with Gasteiger partial charge in [-0.2, -0.15) is 9.97 Å². The van der Waals surface area contributed by atoms with E-state index in [9.17, 15) is 13.6 Å². The number of ether oxygens (including phenoxy) is 5. The Hall–Kier alpha value is -4.70. The molecular formula is C39H42F4N6O6. The van der Waals surface area contributed by atoms with Crippen molar-refractivity contribution in [2.75, 3.05) is 51.7 Å². The highest BCUT2D eigenvalue weighted by atomic mass is 19.2. The number of carbonyl (C=O) groups is 1. The molecule has 4 aromatic rings. The van der Waals surface area contributed by atoms with Crippen LogP contribution in [0.25, 0.3) is 32.9 Å². The lowest BCUT2D eigenvalue weighted by Crippen LogP contribution is -2.63. The average Bonchev–Trinajstić information content (AvgIpc) is 3.75. The summed E-state index contributed by atoms with van der Waals surface area (Å²) in [6, 6.07) is 4.09. The summed E-state index contributed by atoms with van der Waals surface area (Å²) in [5, 5.41) is 0.197. The molecule has 5 atom stereocenters. The van der Waals surface area contributed by atoms with Crippen LogP contribution in [0, 0.1) is 17.5 Å². The van der Waals surface area contributed by atoms with Crippen LogP contribution in [0.4, 0.5) is 28.2 Å². The zero-order chi connectivity index (χ0) is 38.4. The highest BCUT2D eigenvalue weighted by molar-refractivity contribution is 6.02. The number of amides is 1. The van der Waals surface area contributed by atoms with Crippen molar-refractivity contribution in [2.45, 2.75) is 88.3 Å². The SMILES string of the molecule is COCOc1cc(-c2nc3c4c(nc(OC[C@]56CCCN5C[C@@H](F)C6)nc4c2F)N2C[C@H]4CC[C@@H]([C@@H]2CO3)N4C(=O)OC(C)(C)C)c2c(F)c(F)ccc2c1. The number of nitrogens with zero attached hydrogens (tertiary/aromatic N) is 6. The van der Waals surface area contributed by atoms with E-state index in [1.54, 1.807) is 4.90 Å². The number of halogens is 4. The fraction of sp³-hybridized carbons (Fsp3) is 0.538. The normalized spacial score (nSPS) is 25.9. The van der Waals surface area contributed by atoms with Gasteiger partial charge < -0.3 is 28.6 Å². The van der Waals surface area contributed by atoms with E-state index in [1.165, 1.54) is 25.3 Å². The molecule has 0 unspecified atom stereocenters.